The van der Waals surface area contributed by atoms with E-state index in [1.54, 1.807) is 7.11 Å². The Morgan fingerprint density at radius 1 is 1.14 bits per heavy atom. The highest BCUT2D eigenvalue weighted by Crippen LogP contribution is 2.41. The first kappa shape index (κ1) is 15.1. The number of aryl methyl sites for hydroxylation is 1. The molecule has 3 rings (SSSR count). The van der Waals surface area contributed by atoms with E-state index >= 15 is 0 Å². The average molecular weight is 296 g/mol. The number of methoxy groups -OCH3 is 1. The molecule has 0 bridgehead atoms. The van der Waals surface area contributed by atoms with Crippen molar-refractivity contribution in [2.75, 3.05) is 27.2 Å². The van der Waals surface area contributed by atoms with Crippen molar-refractivity contribution < 1.29 is 4.74 Å². The van der Waals surface area contributed by atoms with Gasteiger partial charge >= 0.3 is 0 Å². The maximum absolute atomic E-state index is 6.02. The molecule has 3 nitrogen and oxygen atoms in total. The van der Waals surface area contributed by atoms with E-state index in [4.69, 9.17) is 10.5 Å². The van der Waals surface area contributed by atoms with Gasteiger partial charge in [-0.15, -0.1) is 0 Å². The van der Waals surface area contributed by atoms with Crippen LogP contribution in [0.25, 0.3) is 0 Å². The standard InChI is InChI=1S/C19H24N2O/c1-13-8-9-14-16(10-13)17(12-21(2)18(14)11-20)15-6-4-5-7-19(15)22-3/h4-10,17-18H,11-12,20H2,1-3H3. The topological polar surface area (TPSA) is 38.5 Å². The van der Waals surface area contributed by atoms with Crippen LogP contribution in [0.2, 0.25) is 0 Å². The summed E-state index contributed by atoms with van der Waals surface area (Å²) in [5, 5.41) is 0. The number of ether oxygens (including phenoxy) is 1. The lowest BCUT2D eigenvalue weighted by molar-refractivity contribution is 0.222. The van der Waals surface area contributed by atoms with Crippen molar-refractivity contribution >= 4 is 0 Å². The summed E-state index contributed by atoms with van der Waals surface area (Å²) < 4.78 is 5.59. The molecular formula is C19H24N2O. The van der Waals surface area contributed by atoms with Crippen LogP contribution in [0.3, 0.4) is 0 Å². The Labute approximate surface area is 132 Å². The van der Waals surface area contributed by atoms with Crippen molar-refractivity contribution in [2.45, 2.75) is 18.9 Å². The fraction of sp³-hybridized carbons (Fsp3) is 0.368. The second kappa shape index (κ2) is 6.11. The molecule has 1 aliphatic heterocycles. The van der Waals surface area contributed by atoms with Crippen LogP contribution in [0.15, 0.2) is 42.5 Å². The number of benzene rings is 2. The summed E-state index contributed by atoms with van der Waals surface area (Å²) >= 11 is 0. The second-order valence-corrected chi connectivity index (χ2v) is 6.12. The summed E-state index contributed by atoms with van der Waals surface area (Å²) in [5.41, 5.74) is 11.3. The lowest BCUT2D eigenvalue weighted by atomic mass is 9.80. The minimum Gasteiger partial charge on any atom is -0.496 e. The first-order valence-electron chi connectivity index (χ1n) is 7.79. The van der Waals surface area contributed by atoms with Crippen LogP contribution in [0, 0.1) is 6.92 Å². The summed E-state index contributed by atoms with van der Waals surface area (Å²) in [6, 6.07) is 15.3. The first-order chi connectivity index (χ1) is 10.7. The van der Waals surface area contributed by atoms with Crippen LogP contribution in [0.4, 0.5) is 0 Å². The van der Waals surface area contributed by atoms with Gasteiger partial charge in [0.2, 0.25) is 0 Å². The molecule has 1 aliphatic rings. The number of fused-ring (bicyclic) bond motifs is 1. The first-order valence-corrected chi connectivity index (χ1v) is 7.79. The molecule has 1 heterocycles. The summed E-state index contributed by atoms with van der Waals surface area (Å²) in [6.45, 7) is 3.75. The van der Waals surface area contributed by atoms with E-state index in [-0.39, 0.29) is 0 Å². The van der Waals surface area contributed by atoms with Crippen molar-refractivity contribution in [1.82, 2.24) is 4.90 Å². The molecule has 0 amide bonds. The van der Waals surface area contributed by atoms with Gasteiger partial charge in [0.25, 0.3) is 0 Å². The van der Waals surface area contributed by atoms with E-state index in [2.05, 4.69) is 49.2 Å². The largest absolute Gasteiger partial charge is 0.496 e. The Bertz CT molecular complexity index is 668. The van der Waals surface area contributed by atoms with Gasteiger partial charge in [-0.2, -0.15) is 0 Å². The lowest BCUT2D eigenvalue weighted by Crippen LogP contribution is -2.39. The number of rotatable bonds is 3. The SMILES string of the molecule is COc1ccccc1C1CN(C)C(CN)c2ccc(C)cc21. The Kier molecular flexibility index (Phi) is 4.19. The molecule has 2 atom stereocenters. The number of para-hydroxylation sites is 1. The predicted molar refractivity (Wildman–Crippen MR) is 90.4 cm³/mol. The molecule has 2 aromatic carbocycles. The molecule has 3 heteroatoms. The highest BCUT2D eigenvalue weighted by molar-refractivity contribution is 5.48. The van der Waals surface area contributed by atoms with Gasteiger partial charge in [0, 0.05) is 30.6 Å². The van der Waals surface area contributed by atoms with Gasteiger partial charge < -0.3 is 10.5 Å². The quantitative estimate of drug-likeness (QED) is 0.946. The van der Waals surface area contributed by atoms with E-state index in [1.165, 1.54) is 22.3 Å². The highest BCUT2D eigenvalue weighted by atomic mass is 16.5. The van der Waals surface area contributed by atoms with E-state index < -0.39 is 0 Å². The molecule has 0 aliphatic carbocycles. The highest BCUT2D eigenvalue weighted by Gasteiger charge is 2.32. The normalized spacial score (nSPS) is 21.5. The minimum atomic E-state index is 0.293. The Hall–Kier alpha value is -1.84. The zero-order chi connectivity index (χ0) is 15.7. The molecule has 22 heavy (non-hydrogen) atoms. The van der Waals surface area contributed by atoms with Crippen molar-refractivity contribution in [2.24, 2.45) is 5.73 Å². The summed E-state index contributed by atoms with van der Waals surface area (Å²) in [5.74, 6) is 1.28. The van der Waals surface area contributed by atoms with Crippen molar-refractivity contribution in [3.05, 3.63) is 64.7 Å². The molecule has 116 valence electrons. The third-order valence-electron chi connectivity index (χ3n) is 4.72. The summed E-state index contributed by atoms with van der Waals surface area (Å²) in [4.78, 5) is 2.36. The maximum Gasteiger partial charge on any atom is 0.122 e. The number of hydrogen-bond acceptors (Lipinski definition) is 3. The van der Waals surface area contributed by atoms with E-state index in [9.17, 15) is 0 Å². The number of likely N-dealkylation sites (N-methyl/N-ethyl adjacent to an activating group) is 1. The van der Waals surface area contributed by atoms with E-state index in [0.29, 0.717) is 18.5 Å². The fourth-order valence-corrected chi connectivity index (χ4v) is 3.58. The van der Waals surface area contributed by atoms with Crippen LogP contribution in [-0.4, -0.2) is 32.1 Å². The second-order valence-electron chi connectivity index (χ2n) is 6.12. The predicted octanol–water partition coefficient (Wildman–Crippen LogP) is 3.08. The third-order valence-corrected chi connectivity index (χ3v) is 4.72. The van der Waals surface area contributed by atoms with Gasteiger partial charge in [0.15, 0.2) is 0 Å². The zero-order valence-electron chi connectivity index (χ0n) is 13.5. The smallest absolute Gasteiger partial charge is 0.122 e. The van der Waals surface area contributed by atoms with Gasteiger partial charge in [0.05, 0.1) is 7.11 Å². The molecule has 0 saturated heterocycles. The Morgan fingerprint density at radius 3 is 2.64 bits per heavy atom. The number of nitrogens with zero attached hydrogens (tertiary/aromatic N) is 1. The molecular weight excluding hydrogens is 272 g/mol. The number of nitrogens with two attached hydrogens (primary N) is 1. The van der Waals surface area contributed by atoms with Crippen LogP contribution in [0.1, 0.15) is 34.2 Å². The molecule has 0 spiro atoms. The Balaban J connectivity index is 2.15. The van der Waals surface area contributed by atoms with Crippen LogP contribution in [0.5, 0.6) is 5.75 Å². The van der Waals surface area contributed by atoms with Crippen molar-refractivity contribution in [3.8, 4) is 5.75 Å². The van der Waals surface area contributed by atoms with E-state index in [0.717, 1.165) is 12.3 Å². The molecule has 0 fully saturated rings. The lowest BCUT2D eigenvalue weighted by Gasteiger charge is -2.39. The van der Waals surface area contributed by atoms with Gasteiger partial charge in [-0.25, -0.2) is 0 Å². The zero-order valence-corrected chi connectivity index (χ0v) is 13.5. The van der Waals surface area contributed by atoms with Gasteiger partial charge in [-0.1, -0.05) is 42.0 Å². The summed E-state index contributed by atoms with van der Waals surface area (Å²) in [7, 11) is 3.90. The van der Waals surface area contributed by atoms with Crippen LogP contribution < -0.4 is 10.5 Å². The molecule has 2 unspecified atom stereocenters. The summed E-state index contributed by atoms with van der Waals surface area (Å²) in [6.07, 6.45) is 0. The third kappa shape index (κ3) is 2.51. The molecule has 0 aromatic heterocycles. The van der Waals surface area contributed by atoms with Crippen molar-refractivity contribution in [3.63, 3.8) is 0 Å². The molecule has 0 radical (unpaired) electrons. The van der Waals surface area contributed by atoms with Gasteiger partial charge in [0.1, 0.15) is 5.75 Å². The van der Waals surface area contributed by atoms with Gasteiger partial charge in [-0.05, 0) is 31.2 Å². The van der Waals surface area contributed by atoms with Crippen LogP contribution in [-0.2, 0) is 0 Å². The Morgan fingerprint density at radius 2 is 1.91 bits per heavy atom. The van der Waals surface area contributed by atoms with Crippen molar-refractivity contribution in [1.29, 1.82) is 0 Å². The van der Waals surface area contributed by atoms with Crippen LogP contribution >= 0.6 is 0 Å². The maximum atomic E-state index is 6.02. The molecule has 2 N–H and O–H groups in total. The molecule has 2 aromatic rings. The number of hydrogen-bond donors (Lipinski definition) is 1. The monoisotopic (exact) mass is 296 g/mol. The van der Waals surface area contributed by atoms with E-state index in [1.807, 2.05) is 12.1 Å². The minimum absolute atomic E-state index is 0.293. The van der Waals surface area contributed by atoms with Gasteiger partial charge in [-0.3, -0.25) is 4.90 Å². The fourth-order valence-electron chi connectivity index (χ4n) is 3.58. The molecule has 0 saturated carbocycles. The average Bonchev–Trinajstić information content (AvgIpc) is 2.54.